The minimum Gasteiger partial charge on any atom is -0.383 e. The smallest absolute Gasteiger partial charge is 0.224 e. The van der Waals surface area contributed by atoms with Gasteiger partial charge in [0.1, 0.15) is 5.84 Å². The highest BCUT2D eigenvalue weighted by molar-refractivity contribution is 7.12. The van der Waals surface area contributed by atoms with E-state index in [1.54, 1.807) is 11.3 Å². The number of nitrogens with zero attached hydrogens (tertiary/aromatic N) is 1. The number of amides is 1. The van der Waals surface area contributed by atoms with Gasteiger partial charge in [0.2, 0.25) is 5.91 Å². The molecule has 0 fully saturated rings. The lowest BCUT2D eigenvalue weighted by Gasteiger charge is -2.09. The lowest BCUT2D eigenvalue weighted by Crippen LogP contribution is -2.11. The van der Waals surface area contributed by atoms with E-state index in [4.69, 9.17) is 5.73 Å². The standard InChI is InChI=1S/C28H28N4OS/c1-20-7-11-22(12-8-20)30-23-15-17-24(18-16-23)31-27(33)6-2-4-21-9-13-25(14-10-21)32-28(29)26-5-3-19-34-26/h3,5,7-19,30H,2,4,6H2,1H3,(H2,29,32)(H,31,33). The van der Waals surface area contributed by atoms with Gasteiger partial charge in [0.25, 0.3) is 0 Å². The number of rotatable bonds is 9. The fourth-order valence-corrected chi connectivity index (χ4v) is 4.10. The van der Waals surface area contributed by atoms with E-state index in [0.717, 1.165) is 40.5 Å². The number of aliphatic imine (C=N–C) groups is 1. The van der Waals surface area contributed by atoms with Crippen LogP contribution in [-0.2, 0) is 11.2 Å². The number of nitrogens with two attached hydrogens (primary N) is 1. The molecule has 0 aliphatic rings. The summed E-state index contributed by atoms with van der Waals surface area (Å²) in [5.41, 5.74) is 12.1. The number of hydrogen-bond donors (Lipinski definition) is 3. The van der Waals surface area contributed by atoms with Crippen LogP contribution in [0.15, 0.2) is 95.3 Å². The molecule has 0 atom stereocenters. The van der Waals surface area contributed by atoms with Gasteiger partial charge in [-0.25, -0.2) is 4.99 Å². The average molecular weight is 469 g/mol. The SMILES string of the molecule is Cc1ccc(Nc2ccc(NC(=O)CCCc3ccc(N=C(N)c4cccs4)cc3)cc2)cc1. The van der Waals surface area contributed by atoms with E-state index in [0.29, 0.717) is 12.3 Å². The highest BCUT2D eigenvalue weighted by Crippen LogP contribution is 2.20. The van der Waals surface area contributed by atoms with Gasteiger partial charge < -0.3 is 16.4 Å². The number of anilines is 3. The van der Waals surface area contributed by atoms with Gasteiger partial charge in [-0.3, -0.25) is 4.79 Å². The molecule has 34 heavy (non-hydrogen) atoms. The Labute approximate surface area is 204 Å². The third kappa shape index (κ3) is 6.80. The van der Waals surface area contributed by atoms with Crippen LogP contribution >= 0.6 is 11.3 Å². The predicted octanol–water partition coefficient (Wildman–Crippen LogP) is 6.80. The molecule has 0 aliphatic carbocycles. The summed E-state index contributed by atoms with van der Waals surface area (Å²) in [7, 11) is 0. The van der Waals surface area contributed by atoms with Crippen molar-refractivity contribution in [3.8, 4) is 0 Å². The van der Waals surface area contributed by atoms with E-state index < -0.39 is 0 Å². The Kier molecular flexibility index (Phi) is 7.73. The number of nitrogens with one attached hydrogen (secondary N) is 2. The van der Waals surface area contributed by atoms with Crippen molar-refractivity contribution in [2.24, 2.45) is 10.7 Å². The van der Waals surface area contributed by atoms with E-state index >= 15 is 0 Å². The third-order valence-electron chi connectivity index (χ3n) is 5.34. The van der Waals surface area contributed by atoms with Gasteiger partial charge in [-0.15, -0.1) is 11.3 Å². The predicted molar refractivity (Wildman–Crippen MR) is 144 cm³/mol. The van der Waals surface area contributed by atoms with Crippen LogP contribution in [0.2, 0.25) is 0 Å². The molecule has 6 heteroatoms. The fourth-order valence-electron chi connectivity index (χ4n) is 3.47. The summed E-state index contributed by atoms with van der Waals surface area (Å²) < 4.78 is 0. The zero-order valence-electron chi connectivity index (χ0n) is 19.1. The van der Waals surface area contributed by atoms with Crippen LogP contribution in [0.1, 0.15) is 28.8 Å². The molecule has 4 aromatic rings. The summed E-state index contributed by atoms with van der Waals surface area (Å²) in [5, 5.41) is 8.31. The summed E-state index contributed by atoms with van der Waals surface area (Å²) in [6, 6.07) is 27.9. The number of benzene rings is 3. The molecule has 5 nitrogen and oxygen atoms in total. The number of carbonyl (C=O) groups excluding carboxylic acids is 1. The normalized spacial score (nSPS) is 11.3. The first-order chi connectivity index (χ1) is 16.5. The van der Waals surface area contributed by atoms with Crippen molar-refractivity contribution in [2.45, 2.75) is 26.2 Å². The molecule has 4 rings (SSSR count). The second kappa shape index (κ2) is 11.3. The van der Waals surface area contributed by atoms with Gasteiger partial charge in [0.05, 0.1) is 10.6 Å². The Morgan fingerprint density at radius 3 is 2.18 bits per heavy atom. The molecule has 0 spiro atoms. The van der Waals surface area contributed by atoms with Crippen LogP contribution in [0.3, 0.4) is 0 Å². The molecular formula is C28H28N4OS. The number of aryl methyl sites for hydroxylation is 2. The van der Waals surface area contributed by atoms with Crippen LogP contribution < -0.4 is 16.4 Å². The Morgan fingerprint density at radius 2 is 1.53 bits per heavy atom. The first-order valence-corrected chi connectivity index (χ1v) is 12.1. The van der Waals surface area contributed by atoms with Crippen molar-refractivity contribution in [1.29, 1.82) is 0 Å². The maximum absolute atomic E-state index is 12.3. The highest BCUT2D eigenvalue weighted by atomic mass is 32.1. The largest absolute Gasteiger partial charge is 0.383 e. The minimum absolute atomic E-state index is 0.0178. The maximum atomic E-state index is 12.3. The van der Waals surface area contributed by atoms with E-state index in [1.165, 1.54) is 11.1 Å². The van der Waals surface area contributed by atoms with Crippen molar-refractivity contribution >= 4 is 45.8 Å². The van der Waals surface area contributed by atoms with Crippen LogP contribution in [0.4, 0.5) is 22.7 Å². The van der Waals surface area contributed by atoms with Gasteiger partial charge in [0.15, 0.2) is 0 Å². The van der Waals surface area contributed by atoms with Gasteiger partial charge in [-0.05, 0) is 85.3 Å². The minimum atomic E-state index is 0.0178. The molecule has 0 unspecified atom stereocenters. The molecule has 0 aliphatic heterocycles. The number of hydrogen-bond acceptors (Lipinski definition) is 4. The lowest BCUT2D eigenvalue weighted by atomic mass is 10.1. The van der Waals surface area contributed by atoms with Crippen LogP contribution in [-0.4, -0.2) is 11.7 Å². The summed E-state index contributed by atoms with van der Waals surface area (Å²) in [6.45, 7) is 2.07. The molecule has 0 saturated heterocycles. The number of amidine groups is 1. The summed E-state index contributed by atoms with van der Waals surface area (Å²) in [4.78, 5) is 17.8. The molecule has 1 amide bonds. The summed E-state index contributed by atoms with van der Waals surface area (Å²) in [5.74, 6) is 0.544. The Balaban J connectivity index is 1.21. The Hall–Kier alpha value is -3.90. The Bertz CT molecular complexity index is 1230. The Morgan fingerprint density at radius 1 is 0.882 bits per heavy atom. The van der Waals surface area contributed by atoms with Crippen molar-refractivity contribution in [1.82, 2.24) is 0 Å². The van der Waals surface area contributed by atoms with Gasteiger partial charge in [-0.1, -0.05) is 35.9 Å². The van der Waals surface area contributed by atoms with Crippen molar-refractivity contribution in [2.75, 3.05) is 10.6 Å². The molecule has 1 heterocycles. The zero-order chi connectivity index (χ0) is 23.8. The van der Waals surface area contributed by atoms with E-state index in [2.05, 4.69) is 34.7 Å². The molecule has 172 valence electrons. The first-order valence-electron chi connectivity index (χ1n) is 11.3. The number of carbonyl (C=O) groups is 1. The van der Waals surface area contributed by atoms with Crippen molar-refractivity contribution < 1.29 is 4.79 Å². The first kappa shape index (κ1) is 23.3. The zero-order valence-corrected chi connectivity index (χ0v) is 19.9. The summed E-state index contributed by atoms with van der Waals surface area (Å²) >= 11 is 1.57. The van der Waals surface area contributed by atoms with E-state index in [9.17, 15) is 4.79 Å². The monoisotopic (exact) mass is 468 g/mol. The highest BCUT2D eigenvalue weighted by Gasteiger charge is 2.04. The fraction of sp³-hybridized carbons (Fsp3) is 0.143. The lowest BCUT2D eigenvalue weighted by molar-refractivity contribution is -0.116. The molecule has 0 saturated carbocycles. The summed E-state index contributed by atoms with van der Waals surface area (Å²) in [6.07, 6.45) is 2.07. The molecule has 4 N–H and O–H groups in total. The molecule has 3 aromatic carbocycles. The number of thiophene rings is 1. The third-order valence-corrected chi connectivity index (χ3v) is 6.23. The van der Waals surface area contributed by atoms with Gasteiger partial charge in [-0.2, -0.15) is 0 Å². The average Bonchev–Trinajstić information content (AvgIpc) is 3.38. The van der Waals surface area contributed by atoms with Crippen LogP contribution in [0.5, 0.6) is 0 Å². The van der Waals surface area contributed by atoms with E-state index in [1.807, 2.05) is 78.2 Å². The molecule has 1 aromatic heterocycles. The second-order valence-corrected chi connectivity index (χ2v) is 9.06. The quantitative estimate of drug-likeness (QED) is 0.187. The molecular weight excluding hydrogens is 440 g/mol. The van der Waals surface area contributed by atoms with Crippen molar-refractivity contribution in [3.05, 3.63) is 106 Å². The second-order valence-electron chi connectivity index (χ2n) is 8.11. The topological polar surface area (TPSA) is 79.5 Å². The van der Waals surface area contributed by atoms with E-state index in [-0.39, 0.29) is 5.91 Å². The molecule has 0 radical (unpaired) electrons. The van der Waals surface area contributed by atoms with Crippen molar-refractivity contribution in [3.63, 3.8) is 0 Å². The van der Waals surface area contributed by atoms with Gasteiger partial charge >= 0.3 is 0 Å². The molecule has 0 bridgehead atoms. The van der Waals surface area contributed by atoms with Crippen LogP contribution in [0.25, 0.3) is 0 Å². The maximum Gasteiger partial charge on any atom is 0.224 e. The van der Waals surface area contributed by atoms with Crippen LogP contribution in [0, 0.1) is 6.92 Å². The van der Waals surface area contributed by atoms with Gasteiger partial charge in [0, 0.05) is 23.5 Å².